The molecule has 180 valence electrons. The van der Waals surface area contributed by atoms with Crippen molar-refractivity contribution in [3.05, 3.63) is 11.9 Å². The highest BCUT2D eigenvalue weighted by Gasteiger charge is 2.40. The highest BCUT2D eigenvalue weighted by atomic mass is 19.1. The van der Waals surface area contributed by atoms with Gasteiger partial charge in [0.2, 0.25) is 0 Å². The SMILES string of the molecule is CC(C)(C)O[C@H]1CCN(C(=O)c2cn(CCC(C)(C)N3CCC[C@H]3C(=O)O)nn2)C[C@H]1F. The summed E-state index contributed by atoms with van der Waals surface area (Å²) in [5.74, 6) is -1.12. The van der Waals surface area contributed by atoms with Crippen LogP contribution in [0.4, 0.5) is 4.39 Å². The minimum Gasteiger partial charge on any atom is -0.480 e. The molecule has 1 amide bonds. The van der Waals surface area contributed by atoms with Crippen molar-refractivity contribution in [1.29, 1.82) is 0 Å². The standard InChI is InChI=1S/C22H36FN5O4/c1-21(2,3)32-18-8-11-26(13-15(18)23)19(29)16-14-27(25-24-16)12-9-22(4,5)28-10-6-7-17(28)20(30)31/h14-15,17-18H,6-13H2,1-5H3,(H,30,31)/t15-,17+,18+/m1/s1. The number of nitrogens with zero attached hydrogens (tertiary/aromatic N) is 5. The van der Waals surface area contributed by atoms with E-state index in [-0.39, 0.29) is 23.7 Å². The second kappa shape index (κ2) is 9.43. The summed E-state index contributed by atoms with van der Waals surface area (Å²) < 4.78 is 22.0. The van der Waals surface area contributed by atoms with Crippen molar-refractivity contribution in [2.45, 2.75) is 96.3 Å². The lowest BCUT2D eigenvalue weighted by Crippen LogP contribution is -2.50. The monoisotopic (exact) mass is 453 g/mol. The third kappa shape index (κ3) is 5.83. The van der Waals surface area contributed by atoms with Crippen LogP contribution in [0.5, 0.6) is 0 Å². The largest absolute Gasteiger partial charge is 0.480 e. The molecule has 32 heavy (non-hydrogen) atoms. The van der Waals surface area contributed by atoms with Gasteiger partial charge in [0.1, 0.15) is 12.2 Å². The number of hydrogen-bond donors (Lipinski definition) is 1. The number of aryl methyl sites for hydroxylation is 1. The molecule has 2 saturated heterocycles. The van der Waals surface area contributed by atoms with Crippen LogP contribution >= 0.6 is 0 Å². The van der Waals surface area contributed by atoms with Crippen LogP contribution in [0.15, 0.2) is 6.20 Å². The second-order valence-corrected chi connectivity index (χ2v) is 10.4. The smallest absolute Gasteiger partial charge is 0.320 e. The van der Waals surface area contributed by atoms with Crippen LogP contribution in [0.2, 0.25) is 0 Å². The van der Waals surface area contributed by atoms with Gasteiger partial charge >= 0.3 is 5.97 Å². The van der Waals surface area contributed by atoms with Gasteiger partial charge in [0.05, 0.1) is 24.4 Å². The first kappa shape index (κ1) is 24.6. The van der Waals surface area contributed by atoms with Crippen molar-refractivity contribution in [1.82, 2.24) is 24.8 Å². The highest BCUT2D eigenvalue weighted by Crippen LogP contribution is 2.30. The fourth-order valence-corrected chi connectivity index (χ4v) is 4.60. The number of carbonyl (C=O) groups is 2. The van der Waals surface area contributed by atoms with E-state index in [9.17, 15) is 19.1 Å². The summed E-state index contributed by atoms with van der Waals surface area (Å²) in [4.78, 5) is 27.8. The van der Waals surface area contributed by atoms with Crippen LogP contribution in [-0.4, -0.2) is 90.9 Å². The predicted molar refractivity (Wildman–Crippen MR) is 116 cm³/mol. The molecule has 0 aromatic carbocycles. The third-order valence-corrected chi connectivity index (χ3v) is 6.30. The Morgan fingerprint density at radius 2 is 1.94 bits per heavy atom. The molecular weight excluding hydrogens is 417 g/mol. The zero-order valence-electron chi connectivity index (χ0n) is 19.8. The average molecular weight is 454 g/mol. The Balaban J connectivity index is 1.55. The molecule has 3 heterocycles. The summed E-state index contributed by atoms with van der Waals surface area (Å²) in [6.07, 6.45) is 2.45. The molecule has 9 nitrogen and oxygen atoms in total. The fraction of sp³-hybridized carbons (Fsp3) is 0.818. The maximum atomic E-state index is 14.6. The van der Waals surface area contributed by atoms with E-state index in [4.69, 9.17) is 4.74 Å². The molecule has 1 aromatic heterocycles. The van der Waals surface area contributed by atoms with Crippen molar-refractivity contribution in [3.63, 3.8) is 0 Å². The van der Waals surface area contributed by atoms with Gasteiger partial charge in [-0.1, -0.05) is 5.21 Å². The quantitative estimate of drug-likeness (QED) is 0.676. The highest BCUT2D eigenvalue weighted by molar-refractivity contribution is 5.92. The van der Waals surface area contributed by atoms with E-state index in [2.05, 4.69) is 10.3 Å². The van der Waals surface area contributed by atoms with Gasteiger partial charge in [-0.15, -0.1) is 5.10 Å². The van der Waals surface area contributed by atoms with Gasteiger partial charge in [0, 0.05) is 18.6 Å². The molecule has 0 aliphatic carbocycles. The predicted octanol–water partition coefficient (Wildman–Crippen LogP) is 2.36. The van der Waals surface area contributed by atoms with E-state index in [0.29, 0.717) is 32.4 Å². The van der Waals surface area contributed by atoms with Gasteiger partial charge < -0.3 is 14.7 Å². The Morgan fingerprint density at radius 3 is 2.56 bits per heavy atom. The maximum absolute atomic E-state index is 14.6. The number of likely N-dealkylation sites (tertiary alicyclic amines) is 2. The zero-order valence-corrected chi connectivity index (χ0v) is 19.8. The first-order valence-corrected chi connectivity index (χ1v) is 11.4. The fourth-order valence-electron chi connectivity index (χ4n) is 4.60. The molecule has 0 bridgehead atoms. The Kier molecular flexibility index (Phi) is 7.24. The summed E-state index contributed by atoms with van der Waals surface area (Å²) in [5.41, 5.74) is -0.571. The molecular formula is C22H36FN5O4. The number of aliphatic carboxylic acids is 1. The summed E-state index contributed by atoms with van der Waals surface area (Å²) in [5, 5.41) is 17.5. The van der Waals surface area contributed by atoms with E-state index in [1.165, 1.54) is 4.90 Å². The summed E-state index contributed by atoms with van der Waals surface area (Å²) >= 11 is 0. The molecule has 3 rings (SSSR count). The van der Waals surface area contributed by atoms with Gasteiger partial charge in [0.25, 0.3) is 5.91 Å². The number of piperidine rings is 1. The molecule has 0 spiro atoms. The Bertz CT molecular complexity index is 821. The molecule has 1 N–H and O–H groups in total. The molecule has 2 aliphatic rings. The lowest BCUT2D eigenvalue weighted by molar-refractivity contribution is -0.144. The normalized spacial score (nSPS) is 25.3. The van der Waals surface area contributed by atoms with E-state index in [1.807, 2.05) is 39.5 Å². The van der Waals surface area contributed by atoms with E-state index < -0.39 is 29.9 Å². The summed E-state index contributed by atoms with van der Waals surface area (Å²) in [6.45, 7) is 11.4. The first-order chi connectivity index (χ1) is 14.9. The van der Waals surface area contributed by atoms with Gasteiger partial charge in [-0.2, -0.15) is 0 Å². The van der Waals surface area contributed by atoms with Crippen molar-refractivity contribution in [2.24, 2.45) is 0 Å². The van der Waals surface area contributed by atoms with E-state index >= 15 is 0 Å². The molecule has 0 saturated carbocycles. The molecule has 10 heteroatoms. The first-order valence-electron chi connectivity index (χ1n) is 11.4. The number of amides is 1. The molecule has 1 aromatic rings. The lowest BCUT2D eigenvalue weighted by atomic mass is 9.97. The molecule has 3 atom stereocenters. The van der Waals surface area contributed by atoms with Crippen LogP contribution in [0, 0.1) is 0 Å². The Labute approximate surface area is 188 Å². The van der Waals surface area contributed by atoms with E-state index in [0.717, 1.165) is 13.0 Å². The minimum atomic E-state index is -1.24. The number of carbonyl (C=O) groups excluding carboxylic acids is 1. The van der Waals surface area contributed by atoms with Gasteiger partial charge in [-0.25, -0.2) is 4.39 Å². The van der Waals surface area contributed by atoms with E-state index in [1.54, 1.807) is 10.9 Å². The van der Waals surface area contributed by atoms with Crippen molar-refractivity contribution >= 4 is 11.9 Å². The third-order valence-electron chi connectivity index (χ3n) is 6.30. The Morgan fingerprint density at radius 1 is 1.22 bits per heavy atom. The number of carboxylic acids is 1. The number of hydrogen-bond acceptors (Lipinski definition) is 6. The Hall–Kier alpha value is -2.07. The maximum Gasteiger partial charge on any atom is 0.320 e. The number of alkyl halides is 1. The summed E-state index contributed by atoms with van der Waals surface area (Å²) in [7, 11) is 0. The zero-order chi connectivity index (χ0) is 23.7. The van der Waals surface area contributed by atoms with Crippen LogP contribution in [0.25, 0.3) is 0 Å². The van der Waals surface area contributed by atoms with Crippen LogP contribution < -0.4 is 0 Å². The topological polar surface area (TPSA) is 101 Å². The number of aromatic nitrogens is 3. The second-order valence-electron chi connectivity index (χ2n) is 10.4. The van der Waals surface area contributed by atoms with Crippen LogP contribution in [0.1, 0.15) is 70.8 Å². The minimum absolute atomic E-state index is 0.0228. The van der Waals surface area contributed by atoms with Crippen molar-refractivity contribution in [3.8, 4) is 0 Å². The molecule has 2 aliphatic heterocycles. The number of ether oxygens (including phenoxy) is 1. The number of halogens is 1. The van der Waals surface area contributed by atoms with Crippen molar-refractivity contribution in [2.75, 3.05) is 19.6 Å². The van der Waals surface area contributed by atoms with Crippen LogP contribution in [0.3, 0.4) is 0 Å². The van der Waals surface area contributed by atoms with Gasteiger partial charge in [0.15, 0.2) is 5.69 Å². The average Bonchev–Trinajstić information content (AvgIpc) is 3.36. The summed E-state index contributed by atoms with van der Waals surface area (Å²) in [6, 6.07) is -0.461. The lowest BCUT2D eigenvalue weighted by Gasteiger charge is -2.38. The number of carboxylic acid groups (broad SMARTS) is 1. The van der Waals surface area contributed by atoms with Crippen LogP contribution in [-0.2, 0) is 16.1 Å². The van der Waals surface area contributed by atoms with Crippen molar-refractivity contribution < 1.29 is 23.8 Å². The number of rotatable bonds is 7. The molecule has 0 radical (unpaired) electrons. The molecule has 0 unspecified atom stereocenters. The molecule has 2 fully saturated rings. The van der Waals surface area contributed by atoms with Gasteiger partial charge in [-0.05, 0) is 66.8 Å². The van der Waals surface area contributed by atoms with Gasteiger partial charge in [-0.3, -0.25) is 19.2 Å².